The molecule has 1 saturated heterocycles. The van der Waals surface area contributed by atoms with E-state index in [9.17, 15) is 4.79 Å². The van der Waals surface area contributed by atoms with Gasteiger partial charge in [0, 0.05) is 51.4 Å². The summed E-state index contributed by atoms with van der Waals surface area (Å²) >= 11 is 0. The summed E-state index contributed by atoms with van der Waals surface area (Å²) in [5, 5.41) is 11.2. The lowest BCUT2D eigenvalue weighted by molar-refractivity contribution is -0.129. The van der Waals surface area contributed by atoms with Gasteiger partial charge in [0.15, 0.2) is 5.96 Å². The van der Waals surface area contributed by atoms with Crippen LogP contribution in [0.2, 0.25) is 0 Å². The SMILES string of the molecule is CCNC(=NCCc1c(C)nn(C)c1C)NC1CCN(C(=O)CC)C1. The van der Waals surface area contributed by atoms with E-state index in [1.165, 1.54) is 11.3 Å². The maximum absolute atomic E-state index is 11.8. The fraction of sp³-hybridized carbons (Fsp3) is 0.722. The van der Waals surface area contributed by atoms with Crippen molar-refractivity contribution in [3.8, 4) is 0 Å². The number of guanidine groups is 1. The zero-order chi connectivity index (χ0) is 18.4. The van der Waals surface area contributed by atoms with E-state index in [0.717, 1.165) is 44.1 Å². The van der Waals surface area contributed by atoms with Crippen molar-refractivity contribution in [3.63, 3.8) is 0 Å². The lowest BCUT2D eigenvalue weighted by Crippen LogP contribution is -2.45. The highest BCUT2D eigenvalue weighted by Crippen LogP contribution is 2.13. The van der Waals surface area contributed by atoms with Gasteiger partial charge in [0.05, 0.1) is 5.69 Å². The van der Waals surface area contributed by atoms with Crippen molar-refractivity contribution in [1.82, 2.24) is 25.3 Å². The topological polar surface area (TPSA) is 74.6 Å². The van der Waals surface area contributed by atoms with Crippen molar-refractivity contribution >= 4 is 11.9 Å². The molecule has 0 aromatic carbocycles. The quantitative estimate of drug-likeness (QED) is 0.597. The Balaban J connectivity index is 1.91. The Morgan fingerprint density at radius 3 is 2.72 bits per heavy atom. The molecule has 2 N–H and O–H groups in total. The molecule has 7 heteroatoms. The molecular formula is C18H32N6O. The van der Waals surface area contributed by atoms with Crippen LogP contribution in [0.15, 0.2) is 4.99 Å². The summed E-state index contributed by atoms with van der Waals surface area (Å²) in [7, 11) is 1.98. The number of aryl methyl sites for hydroxylation is 2. The number of rotatable bonds is 6. The molecule has 140 valence electrons. The number of carbonyl (C=O) groups excluding carboxylic acids is 1. The Bertz CT molecular complexity index is 621. The van der Waals surface area contributed by atoms with Gasteiger partial charge < -0.3 is 15.5 Å². The maximum Gasteiger partial charge on any atom is 0.222 e. The third-order valence-electron chi connectivity index (χ3n) is 4.82. The molecule has 0 saturated carbocycles. The van der Waals surface area contributed by atoms with Crippen LogP contribution >= 0.6 is 0 Å². The molecule has 0 aliphatic carbocycles. The number of hydrogen-bond acceptors (Lipinski definition) is 3. The van der Waals surface area contributed by atoms with Crippen LogP contribution in [0.3, 0.4) is 0 Å². The predicted octanol–water partition coefficient (Wildman–Crippen LogP) is 1.15. The van der Waals surface area contributed by atoms with Crippen molar-refractivity contribution in [3.05, 3.63) is 17.0 Å². The molecule has 1 amide bonds. The monoisotopic (exact) mass is 348 g/mol. The molecule has 2 rings (SSSR count). The summed E-state index contributed by atoms with van der Waals surface area (Å²) < 4.78 is 1.93. The summed E-state index contributed by atoms with van der Waals surface area (Å²) in [6.45, 7) is 11.3. The first kappa shape index (κ1) is 19.3. The predicted molar refractivity (Wildman–Crippen MR) is 101 cm³/mol. The standard InChI is InChI=1S/C18H32N6O/c1-6-17(25)24-11-9-15(12-24)21-18(19-7-2)20-10-8-16-13(3)22-23(5)14(16)4/h15H,6-12H2,1-5H3,(H2,19,20,21). The minimum absolute atomic E-state index is 0.230. The summed E-state index contributed by atoms with van der Waals surface area (Å²) in [5.74, 6) is 1.06. The Labute approximate surface area is 150 Å². The largest absolute Gasteiger partial charge is 0.357 e. The highest BCUT2D eigenvalue weighted by atomic mass is 16.2. The third kappa shape index (κ3) is 4.96. The number of aliphatic imine (C=N–C) groups is 1. The first-order chi connectivity index (χ1) is 12.0. The minimum Gasteiger partial charge on any atom is -0.357 e. The van der Waals surface area contributed by atoms with Crippen molar-refractivity contribution in [2.24, 2.45) is 12.0 Å². The van der Waals surface area contributed by atoms with Crippen molar-refractivity contribution < 1.29 is 4.79 Å². The number of aromatic nitrogens is 2. The van der Waals surface area contributed by atoms with E-state index in [1.54, 1.807) is 0 Å². The van der Waals surface area contributed by atoms with Gasteiger partial charge in [-0.15, -0.1) is 0 Å². The Hall–Kier alpha value is -2.05. The summed E-state index contributed by atoms with van der Waals surface area (Å²) in [5.41, 5.74) is 3.57. The summed E-state index contributed by atoms with van der Waals surface area (Å²) in [6, 6.07) is 0.273. The molecule has 7 nitrogen and oxygen atoms in total. The zero-order valence-electron chi connectivity index (χ0n) is 16.2. The Morgan fingerprint density at radius 1 is 1.36 bits per heavy atom. The van der Waals surface area contributed by atoms with Crippen molar-refractivity contribution in [1.29, 1.82) is 0 Å². The molecule has 1 aliphatic rings. The molecular weight excluding hydrogens is 316 g/mol. The van der Waals surface area contributed by atoms with Crippen LogP contribution in [0.25, 0.3) is 0 Å². The first-order valence-corrected chi connectivity index (χ1v) is 9.27. The number of amides is 1. The van der Waals surface area contributed by atoms with Gasteiger partial charge >= 0.3 is 0 Å². The summed E-state index contributed by atoms with van der Waals surface area (Å²) in [6.07, 6.45) is 2.43. The van der Waals surface area contributed by atoms with Gasteiger partial charge in [-0.25, -0.2) is 0 Å². The fourth-order valence-electron chi connectivity index (χ4n) is 3.30. The maximum atomic E-state index is 11.8. The van der Waals surface area contributed by atoms with E-state index in [4.69, 9.17) is 4.99 Å². The van der Waals surface area contributed by atoms with E-state index in [-0.39, 0.29) is 11.9 Å². The molecule has 1 atom stereocenters. The van der Waals surface area contributed by atoms with Gasteiger partial charge in [-0.2, -0.15) is 5.10 Å². The molecule has 0 spiro atoms. The molecule has 25 heavy (non-hydrogen) atoms. The second-order valence-corrected chi connectivity index (χ2v) is 6.61. The first-order valence-electron chi connectivity index (χ1n) is 9.27. The smallest absolute Gasteiger partial charge is 0.222 e. The highest BCUT2D eigenvalue weighted by molar-refractivity contribution is 5.80. The fourth-order valence-corrected chi connectivity index (χ4v) is 3.30. The number of nitrogens with one attached hydrogen (secondary N) is 2. The normalized spacial score (nSPS) is 17.9. The average Bonchev–Trinajstić information content (AvgIpc) is 3.14. The van der Waals surface area contributed by atoms with Crippen molar-refractivity contribution in [2.75, 3.05) is 26.2 Å². The van der Waals surface area contributed by atoms with Crippen LogP contribution in [0.4, 0.5) is 0 Å². The van der Waals surface area contributed by atoms with Crippen LogP contribution in [-0.4, -0.2) is 58.8 Å². The molecule has 1 unspecified atom stereocenters. The van der Waals surface area contributed by atoms with Crippen LogP contribution in [0.5, 0.6) is 0 Å². The molecule has 0 radical (unpaired) electrons. The number of carbonyl (C=O) groups is 1. The van der Waals surface area contributed by atoms with E-state index in [0.29, 0.717) is 13.0 Å². The lowest BCUT2D eigenvalue weighted by Gasteiger charge is -2.18. The van der Waals surface area contributed by atoms with Crippen LogP contribution in [-0.2, 0) is 18.3 Å². The Kier molecular flexibility index (Phi) is 6.84. The van der Waals surface area contributed by atoms with Crippen LogP contribution in [0, 0.1) is 13.8 Å². The van der Waals surface area contributed by atoms with E-state index in [2.05, 4.69) is 29.6 Å². The molecule has 2 heterocycles. The van der Waals surface area contributed by atoms with Gasteiger partial charge in [0.25, 0.3) is 0 Å². The van der Waals surface area contributed by atoms with Crippen LogP contribution in [0.1, 0.15) is 43.6 Å². The van der Waals surface area contributed by atoms with Gasteiger partial charge in [-0.05, 0) is 39.2 Å². The van der Waals surface area contributed by atoms with Gasteiger partial charge in [0.1, 0.15) is 0 Å². The molecule has 1 fully saturated rings. The zero-order valence-corrected chi connectivity index (χ0v) is 16.2. The van der Waals surface area contributed by atoms with Crippen molar-refractivity contribution in [2.45, 2.75) is 53.0 Å². The molecule has 1 aromatic rings. The third-order valence-corrected chi connectivity index (χ3v) is 4.82. The number of hydrogen-bond donors (Lipinski definition) is 2. The van der Waals surface area contributed by atoms with E-state index in [1.807, 2.05) is 30.5 Å². The van der Waals surface area contributed by atoms with Crippen LogP contribution < -0.4 is 10.6 Å². The van der Waals surface area contributed by atoms with E-state index >= 15 is 0 Å². The number of likely N-dealkylation sites (tertiary alicyclic amines) is 1. The molecule has 0 bridgehead atoms. The molecule has 1 aromatic heterocycles. The lowest BCUT2D eigenvalue weighted by atomic mass is 10.1. The second-order valence-electron chi connectivity index (χ2n) is 6.61. The van der Waals surface area contributed by atoms with Gasteiger partial charge in [-0.1, -0.05) is 6.92 Å². The minimum atomic E-state index is 0.230. The van der Waals surface area contributed by atoms with Gasteiger partial charge in [-0.3, -0.25) is 14.5 Å². The number of nitrogens with zero attached hydrogens (tertiary/aromatic N) is 4. The second kappa shape index (κ2) is 8.87. The average molecular weight is 348 g/mol. The Morgan fingerprint density at radius 2 is 2.12 bits per heavy atom. The summed E-state index contributed by atoms with van der Waals surface area (Å²) in [4.78, 5) is 18.5. The van der Waals surface area contributed by atoms with Gasteiger partial charge in [0.2, 0.25) is 5.91 Å². The highest BCUT2D eigenvalue weighted by Gasteiger charge is 2.25. The molecule has 1 aliphatic heterocycles. The van der Waals surface area contributed by atoms with E-state index < -0.39 is 0 Å².